The second kappa shape index (κ2) is 7.70. The Morgan fingerprint density at radius 1 is 1.21 bits per heavy atom. The summed E-state index contributed by atoms with van der Waals surface area (Å²) < 4.78 is 0. The molecule has 0 radical (unpaired) electrons. The molecule has 126 valence electrons. The summed E-state index contributed by atoms with van der Waals surface area (Å²) in [4.78, 5) is 24.5. The number of anilines is 1. The number of benzene rings is 2. The fourth-order valence-electron chi connectivity index (χ4n) is 2.31. The number of hydrogen-bond donors (Lipinski definition) is 1. The smallest absolute Gasteiger partial charge is 0.269 e. The van der Waals surface area contributed by atoms with Crippen LogP contribution < -0.4 is 5.32 Å². The molecule has 2 rings (SSSR count). The summed E-state index contributed by atoms with van der Waals surface area (Å²) in [7, 11) is 1.90. The van der Waals surface area contributed by atoms with Crippen LogP contribution in [0.2, 0.25) is 0 Å². The number of nitro groups is 1. The van der Waals surface area contributed by atoms with Gasteiger partial charge in [-0.25, -0.2) is 0 Å². The van der Waals surface area contributed by atoms with Crippen LogP contribution in [0.1, 0.15) is 18.1 Å². The maximum Gasteiger partial charge on any atom is 0.269 e. The van der Waals surface area contributed by atoms with Gasteiger partial charge in [-0.15, -0.1) is 0 Å². The molecule has 1 amide bonds. The Morgan fingerprint density at radius 2 is 1.83 bits per heavy atom. The molecule has 6 nitrogen and oxygen atoms in total. The first-order valence-corrected chi connectivity index (χ1v) is 7.68. The lowest BCUT2D eigenvalue weighted by atomic mass is 10.1. The zero-order valence-corrected chi connectivity index (χ0v) is 14.0. The van der Waals surface area contributed by atoms with Crippen LogP contribution in [0.15, 0.2) is 48.5 Å². The minimum atomic E-state index is -0.468. The number of carbonyl (C=O) groups excluding carboxylic acids is 1. The van der Waals surface area contributed by atoms with E-state index >= 15 is 0 Å². The zero-order chi connectivity index (χ0) is 17.7. The highest BCUT2D eigenvalue weighted by Crippen LogP contribution is 2.16. The third-order valence-corrected chi connectivity index (χ3v) is 4.07. The molecule has 0 aliphatic carbocycles. The van der Waals surface area contributed by atoms with Crippen molar-refractivity contribution in [2.24, 2.45) is 0 Å². The van der Waals surface area contributed by atoms with Crippen molar-refractivity contribution in [3.63, 3.8) is 0 Å². The van der Waals surface area contributed by atoms with Gasteiger partial charge in [-0.3, -0.25) is 19.8 Å². The lowest BCUT2D eigenvalue weighted by molar-refractivity contribution is -0.384. The second-order valence-electron chi connectivity index (χ2n) is 5.81. The molecule has 0 aromatic heterocycles. The van der Waals surface area contributed by atoms with Crippen molar-refractivity contribution < 1.29 is 9.72 Å². The number of nitro benzene ring substituents is 1. The fourth-order valence-corrected chi connectivity index (χ4v) is 2.31. The van der Waals surface area contributed by atoms with Gasteiger partial charge in [-0.1, -0.05) is 24.3 Å². The van der Waals surface area contributed by atoms with Gasteiger partial charge >= 0.3 is 0 Å². The highest BCUT2D eigenvalue weighted by atomic mass is 16.6. The van der Waals surface area contributed by atoms with Crippen molar-refractivity contribution in [1.82, 2.24) is 4.90 Å². The Balaban J connectivity index is 1.98. The number of carbonyl (C=O) groups is 1. The second-order valence-corrected chi connectivity index (χ2v) is 5.81. The first-order chi connectivity index (χ1) is 11.4. The van der Waals surface area contributed by atoms with E-state index in [2.05, 4.69) is 5.32 Å². The first-order valence-electron chi connectivity index (χ1n) is 7.68. The Bertz CT molecular complexity index is 729. The highest BCUT2D eigenvalue weighted by molar-refractivity contribution is 5.94. The lowest BCUT2D eigenvalue weighted by Gasteiger charge is -2.24. The molecular formula is C18H21N3O3. The number of aryl methyl sites for hydroxylation is 1. The molecule has 0 aliphatic rings. The minimum Gasteiger partial charge on any atom is -0.325 e. The number of nitrogens with zero attached hydrogens (tertiary/aromatic N) is 2. The average molecular weight is 327 g/mol. The third-order valence-electron chi connectivity index (χ3n) is 4.07. The molecule has 0 saturated carbocycles. The number of amides is 1. The van der Waals surface area contributed by atoms with E-state index in [9.17, 15) is 14.9 Å². The van der Waals surface area contributed by atoms with Crippen LogP contribution >= 0.6 is 0 Å². The summed E-state index contributed by atoms with van der Waals surface area (Å²) in [6, 6.07) is 13.5. The number of nitrogens with one attached hydrogen (secondary N) is 1. The van der Waals surface area contributed by atoms with Crippen LogP contribution in [0.4, 0.5) is 11.4 Å². The first kappa shape index (κ1) is 17.6. The fraction of sp³-hybridized carbons (Fsp3) is 0.278. The van der Waals surface area contributed by atoms with Crippen LogP contribution in [0.25, 0.3) is 0 Å². The van der Waals surface area contributed by atoms with Crippen molar-refractivity contribution in [3.8, 4) is 0 Å². The van der Waals surface area contributed by atoms with Gasteiger partial charge in [0.05, 0.1) is 11.0 Å². The van der Waals surface area contributed by atoms with Gasteiger partial charge in [0.1, 0.15) is 0 Å². The van der Waals surface area contributed by atoms with E-state index in [1.807, 2.05) is 50.1 Å². The molecule has 0 heterocycles. The van der Waals surface area contributed by atoms with E-state index in [1.54, 1.807) is 0 Å². The Kier molecular flexibility index (Phi) is 5.65. The zero-order valence-electron chi connectivity index (χ0n) is 14.0. The molecule has 0 fully saturated rings. The van der Waals surface area contributed by atoms with Crippen LogP contribution in [0.5, 0.6) is 0 Å². The predicted molar refractivity (Wildman–Crippen MR) is 93.8 cm³/mol. The van der Waals surface area contributed by atoms with E-state index in [1.165, 1.54) is 35.4 Å². The van der Waals surface area contributed by atoms with Gasteiger partial charge in [0.15, 0.2) is 0 Å². The van der Waals surface area contributed by atoms with Gasteiger partial charge in [-0.05, 0) is 44.2 Å². The molecule has 2 aromatic rings. The maximum atomic E-state index is 12.4. The summed E-state index contributed by atoms with van der Waals surface area (Å²) in [5.41, 5.74) is 2.90. The number of non-ortho nitro benzene ring substituents is 1. The summed E-state index contributed by atoms with van der Waals surface area (Å²) in [5.74, 6) is -0.153. The van der Waals surface area contributed by atoms with Gasteiger partial charge in [0, 0.05) is 24.4 Å². The molecule has 0 aliphatic heterocycles. The topological polar surface area (TPSA) is 75.5 Å². The van der Waals surface area contributed by atoms with Gasteiger partial charge in [-0.2, -0.15) is 0 Å². The van der Waals surface area contributed by atoms with Crippen molar-refractivity contribution in [2.75, 3.05) is 12.4 Å². The van der Waals surface area contributed by atoms with E-state index in [0.29, 0.717) is 12.2 Å². The molecule has 2 aromatic carbocycles. The minimum absolute atomic E-state index is 0.00211. The van der Waals surface area contributed by atoms with Crippen LogP contribution in [0.3, 0.4) is 0 Å². The van der Waals surface area contributed by atoms with E-state index in [0.717, 1.165) is 0 Å². The monoisotopic (exact) mass is 327 g/mol. The largest absolute Gasteiger partial charge is 0.325 e. The van der Waals surface area contributed by atoms with E-state index in [4.69, 9.17) is 0 Å². The Morgan fingerprint density at radius 3 is 2.42 bits per heavy atom. The highest BCUT2D eigenvalue weighted by Gasteiger charge is 2.19. The molecular weight excluding hydrogens is 306 g/mol. The summed E-state index contributed by atoms with van der Waals surface area (Å²) in [6.07, 6.45) is 0. The average Bonchev–Trinajstić information content (AvgIpc) is 2.56. The molecule has 1 unspecified atom stereocenters. The molecule has 0 saturated heterocycles. The summed E-state index contributed by atoms with van der Waals surface area (Å²) in [6.45, 7) is 4.55. The summed E-state index contributed by atoms with van der Waals surface area (Å²) >= 11 is 0. The normalized spacial score (nSPS) is 12.0. The van der Waals surface area contributed by atoms with E-state index in [-0.39, 0.29) is 17.6 Å². The van der Waals surface area contributed by atoms with Crippen LogP contribution in [0, 0.1) is 17.0 Å². The van der Waals surface area contributed by atoms with Crippen LogP contribution in [-0.2, 0) is 11.3 Å². The van der Waals surface area contributed by atoms with Gasteiger partial charge < -0.3 is 5.32 Å². The molecule has 24 heavy (non-hydrogen) atoms. The molecule has 6 heteroatoms. The van der Waals surface area contributed by atoms with Gasteiger partial charge in [0.25, 0.3) is 5.69 Å². The molecule has 0 spiro atoms. The Labute approximate surface area is 141 Å². The number of rotatable bonds is 6. The van der Waals surface area contributed by atoms with Crippen molar-refractivity contribution in [2.45, 2.75) is 26.4 Å². The number of hydrogen-bond acceptors (Lipinski definition) is 4. The quantitative estimate of drug-likeness (QED) is 0.652. The molecule has 1 atom stereocenters. The molecule has 0 bridgehead atoms. The third kappa shape index (κ3) is 4.39. The summed E-state index contributed by atoms with van der Waals surface area (Å²) in [5, 5.41) is 13.4. The van der Waals surface area contributed by atoms with Crippen LogP contribution in [-0.4, -0.2) is 28.8 Å². The molecule has 1 N–H and O–H groups in total. The number of likely N-dealkylation sites (N-methyl/N-ethyl adjacent to an activating group) is 1. The lowest BCUT2D eigenvalue weighted by Crippen LogP contribution is -2.39. The van der Waals surface area contributed by atoms with Gasteiger partial charge in [0.2, 0.25) is 5.91 Å². The maximum absolute atomic E-state index is 12.4. The van der Waals surface area contributed by atoms with Crippen molar-refractivity contribution in [1.29, 1.82) is 0 Å². The van der Waals surface area contributed by atoms with Crippen molar-refractivity contribution in [3.05, 3.63) is 69.8 Å². The predicted octanol–water partition coefficient (Wildman–Crippen LogP) is 3.36. The standard InChI is InChI=1S/C18H21N3O3/c1-13-6-4-5-7-15(13)12-20(3)14(2)18(22)19-16-8-10-17(11-9-16)21(23)24/h4-11,14H,12H2,1-3H3,(H,19,22). The van der Waals surface area contributed by atoms with E-state index < -0.39 is 4.92 Å². The Hall–Kier alpha value is -2.73. The SMILES string of the molecule is Cc1ccccc1CN(C)C(C)C(=O)Nc1ccc([N+](=O)[O-])cc1. The van der Waals surface area contributed by atoms with Crippen molar-refractivity contribution >= 4 is 17.3 Å².